The first-order chi connectivity index (χ1) is 37.0. The van der Waals surface area contributed by atoms with Crippen LogP contribution in [-0.2, 0) is 32.7 Å². The van der Waals surface area contributed by atoms with Crippen LogP contribution in [0.15, 0.2) is 97.2 Å². The van der Waals surface area contributed by atoms with Gasteiger partial charge < -0.3 is 18.9 Å². The molecule has 1 N–H and O–H groups in total. The van der Waals surface area contributed by atoms with Gasteiger partial charge >= 0.3 is 19.8 Å². The maximum Gasteiger partial charge on any atom is 0.472 e. The summed E-state index contributed by atoms with van der Waals surface area (Å²) in [6, 6.07) is 0. The van der Waals surface area contributed by atoms with Gasteiger partial charge in [-0.2, -0.15) is 0 Å². The lowest BCUT2D eigenvalue weighted by atomic mass is 10.0. The van der Waals surface area contributed by atoms with E-state index < -0.39 is 26.5 Å². The van der Waals surface area contributed by atoms with Crippen LogP contribution in [0.1, 0.15) is 258 Å². The topological polar surface area (TPSA) is 108 Å². The van der Waals surface area contributed by atoms with Crippen LogP contribution >= 0.6 is 7.82 Å². The number of nitrogens with zero attached hydrogens (tertiary/aromatic N) is 1. The van der Waals surface area contributed by atoms with Crippen LogP contribution in [0, 0.1) is 0 Å². The van der Waals surface area contributed by atoms with E-state index >= 15 is 0 Å². The van der Waals surface area contributed by atoms with Gasteiger partial charge in [-0.3, -0.25) is 18.6 Å². The first-order valence-electron chi connectivity index (χ1n) is 31.0. The average molecular weight is 1080 g/mol. The molecule has 0 amide bonds. The number of likely N-dealkylation sites (N-methyl/N-ethyl adjacent to an activating group) is 1. The van der Waals surface area contributed by atoms with Crippen molar-refractivity contribution in [3.05, 3.63) is 97.2 Å². The van der Waals surface area contributed by atoms with Gasteiger partial charge in [-0.15, -0.1) is 0 Å². The Labute approximate surface area is 468 Å². The lowest BCUT2D eigenvalue weighted by molar-refractivity contribution is -0.870. The molecule has 0 saturated carbocycles. The van der Waals surface area contributed by atoms with Gasteiger partial charge in [0.25, 0.3) is 0 Å². The Morgan fingerprint density at radius 1 is 0.421 bits per heavy atom. The van der Waals surface area contributed by atoms with E-state index in [9.17, 15) is 19.0 Å². The van der Waals surface area contributed by atoms with Crippen LogP contribution in [0.25, 0.3) is 0 Å². The molecule has 0 aromatic carbocycles. The Balaban J connectivity index is 4.19. The molecule has 76 heavy (non-hydrogen) atoms. The number of ether oxygens (including phenoxy) is 2. The SMILES string of the molecule is CC/C=C\C/C=C\C/C=C\C/C=C\C/C=C\C/C=C\C/C=C\CCCC(=O)OC(COC(=O)CCCCCCCCCCCCCCCCCCC/C=C\CCCCCCCCCC)COP(=O)(O)OCC[N+](C)(C)C. The fourth-order valence-electron chi connectivity index (χ4n) is 8.35. The maximum atomic E-state index is 12.8. The fraction of sp³-hybridized carbons (Fsp3) is 0.727. The molecule has 0 fully saturated rings. The smallest absolute Gasteiger partial charge is 0.462 e. The normalized spacial score (nSPS) is 13.9. The second-order valence-corrected chi connectivity index (χ2v) is 23.2. The van der Waals surface area contributed by atoms with Crippen LogP contribution in [0.3, 0.4) is 0 Å². The van der Waals surface area contributed by atoms with E-state index in [1.54, 1.807) is 0 Å². The summed E-state index contributed by atoms with van der Waals surface area (Å²) in [6.07, 6.45) is 77.9. The van der Waals surface area contributed by atoms with E-state index in [0.717, 1.165) is 64.2 Å². The first kappa shape index (κ1) is 72.9. The highest BCUT2D eigenvalue weighted by atomic mass is 31.2. The Morgan fingerprint density at radius 3 is 1.17 bits per heavy atom. The molecule has 10 heteroatoms. The second-order valence-electron chi connectivity index (χ2n) is 21.7. The molecule has 0 bridgehead atoms. The first-order valence-corrected chi connectivity index (χ1v) is 32.5. The van der Waals surface area contributed by atoms with Crippen molar-refractivity contribution in [2.75, 3.05) is 47.5 Å². The number of carbonyl (C=O) groups is 2. The van der Waals surface area contributed by atoms with Crippen molar-refractivity contribution in [2.45, 2.75) is 264 Å². The number of quaternary nitrogens is 1. The zero-order valence-corrected chi connectivity index (χ0v) is 50.6. The van der Waals surface area contributed by atoms with Gasteiger partial charge in [0, 0.05) is 12.8 Å². The van der Waals surface area contributed by atoms with Gasteiger partial charge in [0.1, 0.15) is 19.8 Å². The molecule has 0 saturated heterocycles. The van der Waals surface area contributed by atoms with Gasteiger partial charge in [-0.25, -0.2) is 4.57 Å². The van der Waals surface area contributed by atoms with Crippen molar-refractivity contribution in [2.24, 2.45) is 0 Å². The van der Waals surface area contributed by atoms with E-state index in [1.165, 1.54) is 154 Å². The minimum absolute atomic E-state index is 0.0167. The third-order valence-corrected chi connectivity index (χ3v) is 14.1. The molecule has 438 valence electrons. The monoisotopic (exact) mass is 1080 g/mol. The minimum atomic E-state index is -4.41. The molecule has 0 radical (unpaired) electrons. The number of phosphoric ester groups is 1. The molecule has 0 aromatic heterocycles. The van der Waals surface area contributed by atoms with E-state index in [0.29, 0.717) is 23.9 Å². The van der Waals surface area contributed by atoms with Crippen molar-refractivity contribution >= 4 is 19.8 Å². The fourth-order valence-corrected chi connectivity index (χ4v) is 9.10. The van der Waals surface area contributed by atoms with Gasteiger partial charge in [0.2, 0.25) is 0 Å². The summed E-state index contributed by atoms with van der Waals surface area (Å²) >= 11 is 0. The van der Waals surface area contributed by atoms with Gasteiger partial charge in [-0.05, 0) is 89.9 Å². The lowest BCUT2D eigenvalue weighted by Gasteiger charge is -2.24. The summed E-state index contributed by atoms with van der Waals surface area (Å²) < 4.78 is 34.5. The Bertz CT molecular complexity index is 1600. The number of hydrogen-bond donors (Lipinski definition) is 1. The number of unbranched alkanes of at least 4 members (excludes halogenated alkanes) is 26. The summed E-state index contributed by atoms with van der Waals surface area (Å²) in [5.74, 6) is -0.866. The Morgan fingerprint density at radius 2 is 0.763 bits per heavy atom. The number of esters is 2. The Kier molecular flexibility index (Phi) is 54.4. The molecular formula is C66H117NO8P+. The minimum Gasteiger partial charge on any atom is -0.462 e. The summed E-state index contributed by atoms with van der Waals surface area (Å²) in [6.45, 7) is 4.27. The largest absolute Gasteiger partial charge is 0.472 e. The van der Waals surface area contributed by atoms with Crippen LogP contribution in [0.5, 0.6) is 0 Å². The van der Waals surface area contributed by atoms with E-state index in [-0.39, 0.29) is 32.0 Å². The molecule has 0 rings (SSSR count). The predicted molar refractivity (Wildman–Crippen MR) is 325 cm³/mol. The molecule has 0 heterocycles. The number of allylic oxidation sites excluding steroid dienone is 16. The maximum absolute atomic E-state index is 12.8. The summed E-state index contributed by atoms with van der Waals surface area (Å²) in [5, 5.41) is 0. The van der Waals surface area contributed by atoms with Crippen molar-refractivity contribution < 1.29 is 42.1 Å². The van der Waals surface area contributed by atoms with Gasteiger partial charge in [0.05, 0.1) is 27.7 Å². The zero-order chi connectivity index (χ0) is 55.6. The number of phosphoric acid groups is 1. The van der Waals surface area contributed by atoms with Crippen molar-refractivity contribution in [3.63, 3.8) is 0 Å². The molecule has 2 atom stereocenters. The highest BCUT2D eigenvalue weighted by molar-refractivity contribution is 7.47. The van der Waals surface area contributed by atoms with Crippen LogP contribution < -0.4 is 0 Å². The molecule has 0 aromatic rings. The molecule has 2 unspecified atom stereocenters. The Hall–Kier alpha value is -3.07. The third kappa shape index (κ3) is 60.2. The predicted octanol–water partition coefficient (Wildman–Crippen LogP) is 19.6. The van der Waals surface area contributed by atoms with Gasteiger partial charge in [0.15, 0.2) is 6.10 Å². The van der Waals surface area contributed by atoms with Gasteiger partial charge in [-0.1, -0.05) is 252 Å². The molecule has 0 aliphatic heterocycles. The number of hydrogen-bond acceptors (Lipinski definition) is 7. The zero-order valence-electron chi connectivity index (χ0n) is 49.7. The van der Waals surface area contributed by atoms with Crippen LogP contribution in [-0.4, -0.2) is 74.9 Å². The highest BCUT2D eigenvalue weighted by Crippen LogP contribution is 2.43. The van der Waals surface area contributed by atoms with E-state index in [2.05, 4.69) is 111 Å². The van der Waals surface area contributed by atoms with Crippen molar-refractivity contribution in [1.29, 1.82) is 0 Å². The number of rotatable bonds is 56. The van der Waals surface area contributed by atoms with Crippen LogP contribution in [0.2, 0.25) is 0 Å². The molecule has 9 nitrogen and oxygen atoms in total. The lowest BCUT2D eigenvalue weighted by Crippen LogP contribution is -2.37. The quantitative estimate of drug-likeness (QED) is 0.0211. The molecule has 0 aliphatic rings. The molecular weight excluding hydrogens is 966 g/mol. The van der Waals surface area contributed by atoms with E-state index in [4.69, 9.17) is 18.5 Å². The standard InChI is InChI=1S/C66H116NO8P/c1-6-8-10-12-14-16-18-20-22-24-26-28-30-31-32-33-34-35-37-38-40-42-44-46-48-50-52-54-56-58-65(68)72-62-64(63-74-76(70,71)73-61-60-67(3,4)5)75-66(69)59-57-55-53-51-49-47-45-43-41-39-36-29-27-25-23-21-19-17-15-13-11-9-7-2/h9,11,15,17,21,23-24,26-27,29,39,41,45,47,51,53,64H,6-8,10,12-14,16,18-20,22,25,28,30-38,40,42-44,46,48-50,52,54-63H2,1-5H3/p+1/b11-9-,17-15-,23-21-,26-24-,29-27-,41-39-,47-45-,53-51-. The van der Waals surface area contributed by atoms with Crippen molar-refractivity contribution in [1.82, 2.24) is 0 Å². The van der Waals surface area contributed by atoms with Crippen LogP contribution in [0.4, 0.5) is 0 Å². The molecule has 0 spiro atoms. The van der Waals surface area contributed by atoms with E-state index in [1.807, 2.05) is 21.1 Å². The number of carbonyl (C=O) groups excluding carboxylic acids is 2. The average Bonchev–Trinajstić information content (AvgIpc) is 3.38. The summed E-state index contributed by atoms with van der Waals surface area (Å²) in [7, 11) is 1.43. The second kappa shape index (κ2) is 56.6. The van der Waals surface area contributed by atoms with Crippen molar-refractivity contribution in [3.8, 4) is 0 Å². The third-order valence-electron chi connectivity index (χ3n) is 13.1. The summed E-state index contributed by atoms with van der Waals surface area (Å²) in [4.78, 5) is 35.7. The summed E-state index contributed by atoms with van der Waals surface area (Å²) in [5.41, 5.74) is 0. The highest BCUT2D eigenvalue weighted by Gasteiger charge is 2.27. The molecule has 0 aliphatic carbocycles.